The zero-order valence-electron chi connectivity index (χ0n) is 25.1. The molecule has 0 aromatic carbocycles. The van der Waals surface area contributed by atoms with Crippen molar-refractivity contribution in [2.75, 3.05) is 32.7 Å². The van der Waals surface area contributed by atoms with Crippen molar-refractivity contribution in [2.24, 2.45) is 17.3 Å². The molecule has 0 radical (unpaired) electrons. The molecule has 2 fully saturated rings. The summed E-state index contributed by atoms with van der Waals surface area (Å²) in [5.41, 5.74) is 0.526. The summed E-state index contributed by atoms with van der Waals surface area (Å²) in [6.07, 6.45) is 26.1. The van der Waals surface area contributed by atoms with Gasteiger partial charge in [-0.2, -0.15) is 0 Å². The minimum atomic E-state index is 0.291. The van der Waals surface area contributed by atoms with E-state index in [2.05, 4.69) is 37.5 Å². The van der Waals surface area contributed by atoms with Crippen LogP contribution in [0.2, 0.25) is 0 Å². The Morgan fingerprint density at radius 1 is 0.639 bits per heavy atom. The Hall–Kier alpha value is -0.570. The van der Waals surface area contributed by atoms with Crippen molar-refractivity contribution in [1.82, 2.24) is 9.80 Å². The first kappa shape index (κ1) is 31.6. The Labute approximate surface area is 226 Å². The Kier molecular flexibility index (Phi) is 16.4. The van der Waals surface area contributed by atoms with E-state index in [4.69, 9.17) is 0 Å². The molecule has 0 aliphatic carbocycles. The molecule has 212 valence electrons. The predicted molar refractivity (Wildman–Crippen MR) is 157 cm³/mol. The van der Waals surface area contributed by atoms with Crippen LogP contribution in [0, 0.1) is 17.3 Å². The lowest BCUT2D eigenvalue weighted by Gasteiger charge is -2.47. The van der Waals surface area contributed by atoms with Crippen molar-refractivity contribution < 1.29 is 4.79 Å². The van der Waals surface area contributed by atoms with E-state index in [9.17, 15) is 4.79 Å². The van der Waals surface area contributed by atoms with Crippen LogP contribution in [-0.2, 0) is 4.79 Å². The molecule has 2 unspecified atom stereocenters. The van der Waals surface area contributed by atoms with E-state index in [1.165, 1.54) is 135 Å². The first-order chi connectivity index (χ1) is 17.5. The van der Waals surface area contributed by atoms with Gasteiger partial charge in [0.15, 0.2) is 0 Å². The SMILES string of the molecule is CCCCCCCC(CCCCCC)C(=O)N1CCC2(CCN(CCCC(C)CCCC)CC2)CC1. The third-order valence-corrected chi connectivity index (χ3v) is 9.69. The summed E-state index contributed by atoms with van der Waals surface area (Å²) < 4.78 is 0. The number of carbonyl (C=O) groups excluding carboxylic acids is 1. The van der Waals surface area contributed by atoms with Gasteiger partial charge in [0.25, 0.3) is 0 Å². The van der Waals surface area contributed by atoms with Gasteiger partial charge < -0.3 is 9.80 Å². The van der Waals surface area contributed by atoms with E-state index in [0.29, 0.717) is 17.2 Å². The predicted octanol–water partition coefficient (Wildman–Crippen LogP) is 9.24. The van der Waals surface area contributed by atoms with E-state index in [1.807, 2.05) is 0 Å². The number of amides is 1. The molecule has 1 spiro atoms. The highest BCUT2D eigenvalue weighted by molar-refractivity contribution is 5.78. The number of unbranched alkanes of at least 4 members (excludes halogenated alkanes) is 8. The van der Waals surface area contributed by atoms with Crippen LogP contribution < -0.4 is 0 Å². The summed E-state index contributed by atoms with van der Waals surface area (Å²) in [7, 11) is 0. The van der Waals surface area contributed by atoms with Crippen LogP contribution in [0.25, 0.3) is 0 Å². The number of rotatable bonds is 19. The Balaban J connectivity index is 1.72. The Morgan fingerprint density at radius 2 is 1.14 bits per heavy atom. The molecule has 2 rings (SSSR count). The van der Waals surface area contributed by atoms with Crippen molar-refractivity contribution >= 4 is 5.91 Å². The Bertz CT molecular complexity index is 544. The molecule has 1 amide bonds. The molecule has 3 heteroatoms. The lowest BCUT2D eigenvalue weighted by molar-refractivity contribution is -0.139. The normalized spacial score (nSPS) is 20.1. The van der Waals surface area contributed by atoms with E-state index in [-0.39, 0.29) is 0 Å². The summed E-state index contributed by atoms with van der Waals surface area (Å²) in [6.45, 7) is 15.2. The number of piperidine rings is 2. The summed E-state index contributed by atoms with van der Waals surface area (Å²) >= 11 is 0. The monoisotopic (exact) mass is 505 g/mol. The smallest absolute Gasteiger partial charge is 0.225 e. The van der Waals surface area contributed by atoms with Gasteiger partial charge in [-0.1, -0.05) is 105 Å². The molecular formula is C33H64N2O. The summed E-state index contributed by atoms with van der Waals surface area (Å²) in [6, 6.07) is 0. The number of hydrogen-bond donors (Lipinski definition) is 0. The number of likely N-dealkylation sites (tertiary alicyclic amines) is 2. The Morgan fingerprint density at radius 3 is 1.72 bits per heavy atom. The average molecular weight is 505 g/mol. The topological polar surface area (TPSA) is 23.6 Å². The highest BCUT2D eigenvalue weighted by Gasteiger charge is 2.39. The zero-order chi connectivity index (χ0) is 26.1. The van der Waals surface area contributed by atoms with Gasteiger partial charge in [0.05, 0.1) is 0 Å². The molecule has 0 bridgehead atoms. The first-order valence-corrected chi connectivity index (χ1v) is 16.5. The molecule has 2 aliphatic rings. The quantitative estimate of drug-likeness (QED) is 0.164. The molecule has 2 atom stereocenters. The fraction of sp³-hybridized carbons (Fsp3) is 0.970. The van der Waals surface area contributed by atoms with Gasteiger partial charge in [0.1, 0.15) is 0 Å². The van der Waals surface area contributed by atoms with Crippen molar-refractivity contribution in [3.05, 3.63) is 0 Å². The zero-order valence-corrected chi connectivity index (χ0v) is 25.1. The van der Waals surface area contributed by atoms with Crippen LogP contribution in [0.5, 0.6) is 0 Å². The van der Waals surface area contributed by atoms with Crippen molar-refractivity contribution in [1.29, 1.82) is 0 Å². The third kappa shape index (κ3) is 11.9. The molecule has 2 heterocycles. The van der Waals surface area contributed by atoms with Crippen molar-refractivity contribution in [2.45, 2.75) is 156 Å². The van der Waals surface area contributed by atoms with Gasteiger partial charge in [0.2, 0.25) is 5.91 Å². The summed E-state index contributed by atoms with van der Waals surface area (Å²) in [4.78, 5) is 18.6. The molecule has 0 aromatic heterocycles. The highest BCUT2D eigenvalue weighted by Crippen LogP contribution is 2.41. The number of carbonyl (C=O) groups is 1. The van der Waals surface area contributed by atoms with Gasteiger partial charge in [-0.3, -0.25) is 4.79 Å². The molecule has 0 saturated carbocycles. The fourth-order valence-electron chi connectivity index (χ4n) is 6.77. The third-order valence-electron chi connectivity index (χ3n) is 9.69. The number of nitrogens with zero attached hydrogens (tertiary/aromatic N) is 2. The second kappa shape index (κ2) is 18.6. The van der Waals surface area contributed by atoms with Gasteiger partial charge in [-0.05, 0) is 82.3 Å². The van der Waals surface area contributed by atoms with E-state index in [1.54, 1.807) is 0 Å². The lowest BCUT2D eigenvalue weighted by Crippen LogP contribution is -2.49. The maximum Gasteiger partial charge on any atom is 0.225 e. The van der Waals surface area contributed by atoms with Crippen LogP contribution in [0.3, 0.4) is 0 Å². The van der Waals surface area contributed by atoms with E-state index in [0.717, 1.165) is 31.8 Å². The fourth-order valence-corrected chi connectivity index (χ4v) is 6.77. The minimum Gasteiger partial charge on any atom is -0.342 e. The van der Waals surface area contributed by atoms with Crippen LogP contribution in [0.1, 0.15) is 156 Å². The van der Waals surface area contributed by atoms with Crippen molar-refractivity contribution in [3.63, 3.8) is 0 Å². The minimum absolute atomic E-state index is 0.291. The molecule has 2 aliphatic heterocycles. The summed E-state index contributed by atoms with van der Waals surface area (Å²) in [5.74, 6) is 1.69. The van der Waals surface area contributed by atoms with Crippen LogP contribution >= 0.6 is 0 Å². The van der Waals surface area contributed by atoms with E-state index < -0.39 is 0 Å². The van der Waals surface area contributed by atoms with E-state index >= 15 is 0 Å². The first-order valence-electron chi connectivity index (χ1n) is 16.5. The van der Waals surface area contributed by atoms with Gasteiger partial charge in [-0.15, -0.1) is 0 Å². The van der Waals surface area contributed by atoms with Gasteiger partial charge >= 0.3 is 0 Å². The molecular weight excluding hydrogens is 440 g/mol. The van der Waals surface area contributed by atoms with Gasteiger partial charge in [-0.25, -0.2) is 0 Å². The second-order valence-electron chi connectivity index (χ2n) is 12.8. The summed E-state index contributed by atoms with van der Waals surface area (Å²) in [5, 5.41) is 0. The standard InChI is InChI=1S/C33H64N2O/c1-5-8-11-13-15-20-31(19-14-12-9-6-2)32(36)35-28-23-33(24-29-35)21-26-34(27-22-33)25-16-18-30(4)17-10-7-3/h30-31H,5-29H2,1-4H3. The van der Waals surface area contributed by atoms with Crippen LogP contribution in [-0.4, -0.2) is 48.4 Å². The maximum atomic E-state index is 13.6. The molecule has 3 nitrogen and oxygen atoms in total. The lowest BCUT2D eigenvalue weighted by atomic mass is 9.71. The number of hydrogen-bond acceptors (Lipinski definition) is 2. The second-order valence-corrected chi connectivity index (χ2v) is 12.8. The van der Waals surface area contributed by atoms with Crippen molar-refractivity contribution in [3.8, 4) is 0 Å². The largest absolute Gasteiger partial charge is 0.342 e. The molecule has 0 N–H and O–H groups in total. The van der Waals surface area contributed by atoms with Crippen LogP contribution in [0.4, 0.5) is 0 Å². The maximum absolute atomic E-state index is 13.6. The average Bonchev–Trinajstić information content (AvgIpc) is 2.90. The molecule has 0 aromatic rings. The highest BCUT2D eigenvalue weighted by atomic mass is 16.2. The van der Waals surface area contributed by atoms with Crippen LogP contribution in [0.15, 0.2) is 0 Å². The van der Waals surface area contributed by atoms with Gasteiger partial charge in [0, 0.05) is 19.0 Å². The molecule has 36 heavy (non-hydrogen) atoms. The molecule has 2 saturated heterocycles.